The highest BCUT2D eigenvalue weighted by molar-refractivity contribution is 5.90. The van der Waals surface area contributed by atoms with Crippen LogP contribution < -0.4 is 4.90 Å². The van der Waals surface area contributed by atoms with Gasteiger partial charge in [0.15, 0.2) is 0 Å². The van der Waals surface area contributed by atoms with Crippen molar-refractivity contribution in [2.24, 2.45) is 0 Å². The summed E-state index contributed by atoms with van der Waals surface area (Å²) < 4.78 is 0. The Balaban J connectivity index is 3.24. The molecule has 0 atom stereocenters. The van der Waals surface area contributed by atoms with Crippen LogP contribution in [0.5, 0.6) is 0 Å². The highest BCUT2D eigenvalue weighted by atomic mass is 16.6. The summed E-state index contributed by atoms with van der Waals surface area (Å²) in [5.41, 5.74) is 0.302. The number of nitro benzene ring substituents is 1. The van der Waals surface area contributed by atoms with E-state index in [-0.39, 0.29) is 11.3 Å². The molecular formula is C11H14N2O4. The average molecular weight is 238 g/mol. The van der Waals surface area contributed by atoms with Crippen LogP contribution in [0.2, 0.25) is 0 Å². The van der Waals surface area contributed by atoms with Crippen LogP contribution in [0.4, 0.5) is 11.4 Å². The van der Waals surface area contributed by atoms with E-state index >= 15 is 0 Å². The number of carboxylic acid groups (broad SMARTS) is 1. The van der Waals surface area contributed by atoms with Crippen molar-refractivity contribution in [2.75, 3.05) is 18.5 Å². The molecule has 6 heteroatoms. The van der Waals surface area contributed by atoms with Gasteiger partial charge in [-0.25, -0.2) is 4.79 Å². The Hall–Kier alpha value is -2.11. The van der Waals surface area contributed by atoms with Crippen LogP contribution in [0, 0.1) is 10.1 Å². The van der Waals surface area contributed by atoms with Gasteiger partial charge in [0.05, 0.1) is 10.5 Å². The average Bonchev–Trinajstić information content (AvgIpc) is 2.28. The van der Waals surface area contributed by atoms with Gasteiger partial charge in [-0.2, -0.15) is 0 Å². The van der Waals surface area contributed by atoms with Crippen molar-refractivity contribution < 1.29 is 14.8 Å². The third-order valence-corrected chi connectivity index (χ3v) is 2.39. The number of hydrogen-bond donors (Lipinski definition) is 1. The first-order valence-electron chi connectivity index (χ1n) is 5.20. The van der Waals surface area contributed by atoms with Gasteiger partial charge < -0.3 is 10.0 Å². The first-order valence-corrected chi connectivity index (χ1v) is 5.20. The minimum absolute atomic E-state index is 0.0496. The van der Waals surface area contributed by atoms with Crippen molar-refractivity contribution in [3.05, 3.63) is 33.9 Å². The summed E-state index contributed by atoms with van der Waals surface area (Å²) in [5, 5.41) is 19.7. The van der Waals surface area contributed by atoms with E-state index in [1.165, 1.54) is 18.2 Å². The summed E-state index contributed by atoms with van der Waals surface area (Å²) in [4.78, 5) is 22.8. The van der Waals surface area contributed by atoms with E-state index in [2.05, 4.69) is 0 Å². The molecule has 0 heterocycles. The molecular weight excluding hydrogens is 224 g/mol. The Morgan fingerprint density at radius 3 is 2.65 bits per heavy atom. The van der Waals surface area contributed by atoms with Crippen LogP contribution in [0.15, 0.2) is 18.2 Å². The van der Waals surface area contributed by atoms with Crippen molar-refractivity contribution in [1.29, 1.82) is 0 Å². The van der Waals surface area contributed by atoms with Gasteiger partial charge in [0.2, 0.25) is 0 Å². The molecule has 0 unspecified atom stereocenters. The fourth-order valence-electron chi connectivity index (χ4n) is 1.57. The third kappa shape index (κ3) is 2.93. The molecule has 6 nitrogen and oxygen atoms in total. The standard InChI is InChI=1S/C11H14N2O4/c1-3-6-12(2)10-7-8(11(14)15)4-5-9(10)13(16)17/h4-5,7H,3,6H2,1-2H3,(H,14,15). The van der Waals surface area contributed by atoms with Crippen molar-refractivity contribution in [2.45, 2.75) is 13.3 Å². The van der Waals surface area contributed by atoms with Crippen molar-refractivity contribution >= 4 is 17.3 Å². The van der Waals surface area contributed by atoms with Gasteiger partial charge in [-0.05, 0) is 18.6 Å². The Kier molecular flexibility index (Phi) is 4.03. The van der Waals surface area contributed by atoms with Gasteiger partial charge in [0.25, 0.3) is 5.69 Å². The quantitative estimate of drug-likeness (QED) is 0.627. The van der Waals surface area contributed by atoms with Crippen molar-refractivity contribution in [1.82, 2.24) is 0 Å². The fourth-order valence-corrected chi connectivity index (χ4v) is 1.57. The lowest BCUT2D eigenvalue weighted by Crippen LogP contribution is -2.19. The number of aromatic carboxylic acids is 1. The van der Waals surface area contributed by atoms with Crippen molar-refractivity contribution in [3.8, 4) is 0 Å². The second kappa shape index (κ2) is 5.29. The highest BCUT2D eigenvalue weighted by Gasteiger charge is 2.18. The summed E-state index contributed by atoms with van der Waals surface area (Å²) in [6.45, 7) is 2.58. The first kappa shape index (κ1) is 13.0. The topological polar surface area (TPSA) is 83.7 Å². The van der Waals surface area contributed by atoms with Crippen LogP contribution >= 0.6 is 0 Å². The second-order valence-corrected chi connectivity index (χ2v) is 3.69. The molecule has 1 rings (SSSR count). The van der Waals surface area contributed by atoms with Gasteiger partial charge in [0.1, 0.15) is 5.69 Å². The predicted octanol–water partition coefficient (Wildman–Crippen LogP) is 2.14. The molecule has 1 N–H and O–H groups in total. The normalized spacial score (nSPS) is 10.0. The summed E-state index contributed by atoms with van der Waals surface area (Å²) >= 11 is 0. The van der Waals surface area contributed by atoms with Gasteiger partial charge in [0, 0.05) is 19.7 Å². The lowest BCUT2D eigenvalue weighted by molar-refractivity contribution is -0.384. The Morgan fingerprint density at radius 2 is 2.18 bits per heavy atom. The molecule has 0 amide bonds. The monoisotopic (exact) mass is 238 g/mol. The van der Waals surface area contributed by atoms with Gasteiger partial charge in [-0.3, -0.25) is 10.1 Å². The lowest BCUT2D eigenvalue weighted by atomic mass is 10.1. The molecule has 0 aliphatic rings. The number of carboxylic acids is 1. The summed E-state index contributed by atoms with van der Waals surface area (Å²) in [6, 6.07) is 3.80. The molecule has 0 spiro atoms. The van der Waals surface area contributed by atoms with E-state index < -0.39 is 10.9 Å². The minimum Gasteiger partial charge on any atom is -0.478 e. The number of benzene rings is 1. The van der Waals surface area contributed by atoms with Crippen LogP contribution in [-0.4, -0.2) is 29.6 Å². The number of carbonyl (C=O) groups is 1. The second-order valence-electron chi connectivity index (χ2n) is 3.69. The van der Waals surface area contributed by atoms with Gasteiger partial charge in [-0.15, -0.1) is 0 Å². The molecule has 1 aromatic rings. The molecule has 1 aromatic carbocycles. The van der Waals surface area contributed by atoms with Gasteiger partial charge in [-0.1, -0.05) is 6.92 Å². The van der Waals surface area contributed by atoms with E-state index in [0.717, 1.165) is 6.42 Å². The third-order valence-electron chi connectivity index (χ3n) is 2.39. The maximum Gasteiger partial charge on any atom is 0.335 e. The molecule has 0 aromatic heterocycles. The number of hydrogen-bond acceptors (Lipinski definition) is 4. The number of nitro groups is 1. The molecule has 0 aliphatic carbocycles. The molecule has 0 saturated carbocycles. The molecule has 0 saturated heterocycles. The van der Waals surface area contributed by atoms with Crippen LogP contribution in [-0.2, 0) is 0 Å². The molecule has 0 fully saturated rings. The molecule has 0 radical (unpaired) electrons. The Morgan fingerprint density at radius 1 is 1.53 bits per heavy atom. The molecule has 17 heavy (non-hydrogen) atoms. The maximum absolute atomic E-state index is 10.8. The van der Waals surface area contributed by atoms with Crippen LogP contribution in [0.25, 0.3) is 0 Å². The smallest absolute Gasteiger partial charge is 0.335 e. The Bertz CT molecular complexity index is 445. The number of anilines is 1. The lowest BCUT2D eigenvalue weighted by Gasteiger charge is -2.18. The SMILES string of the molecule is CCCN(C)c1cc(C(=O)O)ccc1[N+](=O)[O-]. The minimum atomic E-state index is -1.09. The largest absolute Gasteiger partial charge is 0.478 e. The van der Waals surface area contributed by atoms with Gasteiger partial charge >= 0.3 is 5.97 Å². The molecule has 0 bridgehead atoms. The predicted molar refractivity (Wildman–Crippen MR) is 63.6 cm³/mol. The van der Waals surface area contributed by atoms with E-state index in [9.17, 15) is 14.9 Å². The van der Waals surface area contributed by atoms with E-state index in [0.29, 0.717) is 12.2 Å². The maximum atomic E-state index is 10.8. The van der Waals surface area contributed by atoms with Crippen LogP contribution in [0.3, 0.4) is 0 Å². The fraction of sp³-hybridized carbons (Fsp3) is 0.364. The summed E-state index contributed by atoms with van der Waals surface area (Å²) in [7, 11) is 1.71. The summed E-state index contributed by atoms with van der Waals surface area (Å²) in [6.07, 6.45) is 0.824. The summed E-state index contributed by atoms with van der Waals surface area (Å²) in [5.74, 6) is -1.09. The zero-order chi connectivity index (χ0) is 13.0. The zero-order valence-corrected chi connectivity index (χ0v) is 9.71. The highest BCUT2D eigenvalue weighted by Crippen LogP contribution is 2.28. The van der Waals surface area contributed by atoms with E-state index in [1.54, 1.807) is 11.9 Å². The molecule has 92 valence electrons. The molecule has 0 aliphatic heterocycles. The van der Waals surface area contributed by atoms with E-state index in [4.69, 9.17) is 5.11 Å². The zero-order valence-electron chi connectivity index (χ0n) is 9.71. The van der Waals surface area contributed by atoms with E-state index in [1.807, 2.05) is 6.92 Å². The van der Waals surface area contributed by atoms with Crippen LogP contribution in [0.1, 0.15) is 23.7 Å². The number of rotatable bonds is 5. The first-order chi connectivity index (χ1) is 7.97. The Labute approximate surface area is 98.6 Å². The van der Waals surface area contributed by atoms with Crippen molar-refractivity contribution in [3.63, 3.8) is 0 Å². The number of nitrogens with zero attached hydrogens (tertiary/aromatic N) is 2.